The van der Waals surface area contributed by atoms with Crippen molar-refractivity contribution in [3.8, 4) is 5.88 Å². The van der Waals surface area contributed by atoms with E-state index in [4.69, 9.17) is 0 Å². The van der Waals surface area contributed by atoms with Crippen molar-refractivity contribution in [1.82, 2.24) is 4.98 Å². The molecule has 0 atom stereocenters. The van der Waals surface area contributed by atoms with Gasteiger partial charge in [0, 0.05) is 0 Å². The van der Waals surface area contributed by atoms with Crippen LogP contribution in [0.25, 0.3) is 0 Å². The molecule has 12 heteroatoms. The van der Waals surface area contributed by atoms with E-state index in [-0.39, 0.29) is 6.07 Å². The molecule has 0 aromatic carbocycles. The number of alkyl halides is 6. The Balaban J connectivity index is 3.46. The number of aromatic nitrogens is 1. The van der Waals surface area contributed by atoms with Gasteiger partial charge < -0.3 is 4.74 Å². The highest BCUT2D eigenvalue weighted by atomic mass is 127. The monoisotopic (exact) mass is 402 g/mol. The van der Waals surface area contributed by atoms with Crippen LogP contribution in [-0.2, 0) is 6.18 Å². The summed E-state index contributed by atoms with van der Waals surface area (Å²) in [6.45, 7) is 0. The maximum Gasteiger partial charge on any atom is 0.574 e. The van der Waals surface area contributed by atoms with Crippen LogP contribution in [0.15, 0.2) is 6.07 Å². The fourth-order valence-corrected chi connectivity index (χ4v) is 1.70. The molecular formula is C7HF6IN2O3. The predicted octanol–water partition coefficient (Wildman–Crippen LogP) is 3.51. The highest BCUT2D eigenvalue weighted by Gasteiger charge is 2.40. The first-order chi connectivity index (χ1) is 8.42. The summed E-state index contributed by atoms with van der Waals surface area (Å²) in [6.07, 6.45) is -10.5. The highest BCUT2D eigenvalue weighted by Crippen LogP contribution is 2.38. The number of halogens is 7. The standard InChI is InChI=1S/C7HF6IN2O3/c8-6(9,10)3-1-2(14)4(16(17)18)5(15-3)19-7(11,12)13/h1H. The third-order valence-corrected chi connectivity index (χ3v) is 2.42. The lowest BCUT2D eigenvalue weighted by Gasteiger charge is -2.12. The van der Waals surface area contributed by atoms with Gasteiger partial charge in [-0.05, 0) is 28.7 Å². The van der Waals surface area contributed by atoms with Crippen LogP contribution in [0.2, 0.25) is 0 Å². The maximum atomic E-state index is 12.3. The molecule has 1 aromatic heterocycles. The number of nitro groups is 1. The van der Waals surface area contributed by atoms with Crippen LogP contribution in [0.3, 0.4) is 0 Å². The molecule has 1 aromatic rings. The summed E-state index contributed by atoms with van der Waals surface area (Å²) in [4.78, 5) is 11.7. The minimum absolute atomic E-state index is 0.252. The number of hydrogen-bond acceptors (Lipinski definition) is 4. The van der Waals surface area contributed by atoms with Crippen LogP contribution in [-0.4, -0.2) is 16.3 Å². The van der Waals surface area contributed by atoms with Gasteiger partial charge in [0.1, 0.15) is 5.69 Å². The van der Waals surface area contributed by atoms with Gasteiger partial charge in [-0.3, -0.25) is 10.1 Å². The summed E-state index contributed by atoms with van der Waals surface area (Å²) < 4.78 is 75.4. The fraction of sp³-hybridized carbons (Fsp3) is 0.286. The molecule has 0 aliphatic rings. The third kappa shape index (κ3) is 4.07. The van der Waals surface area contributed by atoms with E-state index in [2.05, 4.69) is 9.72 Å². The van der Waals surface area contributed by atoms with Gasteiger partial charge in [-0.2, -0.15) is 13.2 Å². The summed E-state index contributed by atoms with van der Waals surface area (Å²) in [5.74, 6) is -1.75. The average molecular weight is 402 g/mol. The molecule has 0 bridgehead atoms. The third-order valence-electron chi connectivity index (χ3n) is 1.60. The molecular weight excluding hydrogens is 401 g/mol. The molecule has 0 spiro atoms. The van der Waals surface area contributed by atoms with E-state index in [1.54, 1.807) is 0 Å². The fourth-order valence-electron chi connectivity index (χ4n) is 0.976. The molecule has 0 unspecified atom stereocenters. The van der Waals surface area contributed by atoms with Crippen LogP contribution in [0.1, 0.15) is 5.69 Å². The summed E-state index contributed by atoms with van der Waals surface area (Å²) in [6, 6.07) is 0.252. The van der Waals surface area contributed by atoms with Gasteiger partial charge in [0.25, 0.3) is 0 Å². The lowest BCUT2D eigenvalue weighted by Crippen LogP contribution is -2.20. The van der Waals surface area contributed by atoms with Crippen molar-refractivity contribution < 1.29 is 36.0 Å². The van der Waals surface area contributed by atoms with Crippen molar-refractivity contribution in [3.05, 3.63) is 25.4 Å². The zero-order chi connectivity index (χ0) is 15.0. The van der Waals surface area contributed by atoms with Gasteiger partial charge in [-0.25, -0.2) is 4.98 Å². The lowest BCUT2D eigenvalue weighted by atomic mass is 10.3. The molecule has 0 aliphatic heterocycles. The number of nitrogens with zero attached hydrogens (tertiary/aromatic N) is 2. The molecule has 1 heterocycles. The Hall–Kier alpha value is -1.34. The highest BCUT2D eigenvalue weighted by molar-refractivity contribution is 14.1. The quantitative estimate of drug-likeness (QED) is 0.329. The smallest absolute Gasteiger partial charge is 0.381 e. The minimum atomic E-state index is -5.40. The molecule has 0 amide bonds. The Morgan fingerprint density at radius 3 is 2.16 bits per heavy atom. The van der Waals surface area contributed by atoms with Crippen molar-refractivity contribution in [2.45, 2.75) is 12.5 Å². The van der Waals surface area contributed by atoms with Gasteiger partial charge in [0.15, 0.2) is 0 Å². The lowest BCUT2D eigenvalue weighted by molar-refractivity contribution is -0.390. The van der Waals surface area contributed by atoms with Crippen molar-refractivity contribution >= 4 is 28.3 Å². The van der Waals surface area contributed by atoms with Gasteiger partial charge in [-0.1, -0.05) is 0 Å². The van der Waals surface area contributed by atoms with Gasteiger partial charge in [0.2, 0.25) is 0 Å². The second kappa shape index (κ2) is 4.97. The van der Waals surface area contributed by atoms with E-state index >= 15 is 0 Å². The SMILES string of the molecule is O=[N+]([O-])c1c(I)cc(C(F)(F)F)nc1OC(F)(F)F. The molecule has 0 saturated carbocycles. The van der Waals surface area contributed by atoms with Crippen molar-refractivity contribution in [2.24, 2.45) is 0 Å². The van der Waals surface area contributed by atoms with Crippen LogP contribution in [0.4, 0.5) is 32.0 Å². The van der Waals surface area contributed by atoms with Crippen LogP contribution in [0.5, 0.6) is 5.88 Å². The zero-order valence-electron chi connectivity index (χ0n) is 8.34. The Kier molecular flexibility index (Phi) is 4.11. The van der Waals surface area contributed by atoms with E-state index in [9.17, 15) is 36.5 Å². The summed E-state index contributed by atoms with van der Waals surface area (Å²) >= 11 is 1.09. The van der Waals surface area contributed by atoms with E-state index in [0.717, 1.165) is 22.6 Å². The second-order valence-corrected chi connectivity index (χ2v) is 4.11. The summed E-state index contributed by atoms with van der Waals surface area (Å²) in [5.41, 5.74) is -3.01. The van der Waals surface area contributed by atoms with Gasteiger partial charge >= 0.3 is 24.1 Å². The average Bonchev–Trinajstić information content (AvgIpc) is 2.11. The molecule has 106 valence electrons. The zero-order valence-corrected chi connectivity index (χ0v) is 10.5. The maximum absolute atomic E-state index is 12.3. The molecule has 0 radical (unpaired) electrons. The summed E-state index contributed by atoms with van der Waals surface area (Å²) in [5, 5.41) is 10.5. The molecule has 0 fully saturated rings. The van der Waals surface area contributed by atoms with Crippen LogP contribution >= 0.6 is 22.6 Å². The van der Waals surface area contributed by atoms with E-state index in [1.165, 1.54) is 0 Å². The largest absolute Gasteiger partial charge is 0.574 e. The molecule has 0 N–H and O–H groups in total. The second-order valence-electron chi connectivity index (χ2n) is 2.95. The first kappa shape index (κ1) is 15.7. The first-order valence-electron chi connectivity index (χ1n) is 4.09. The van der Waals surface area contributed by atoms with Gasteiger partial charge in [-0.15, -0.1) is 13.2 Å². The Morgan fingerprint density at radius 1 is 1.26 bits per heavy atom. The topological polar surface area (TPSA) is 65.3 Å². The van der Waals surface area contributed by atoms with Crippen molar-refractivity contribution in [2.75, 3.05) is 0 Å². The van der Waals surface area contributed by atoms with E-state index in [0.29, 0.717) is 0 Å². The number of pyridine rings is 1. The van der Waals surface area contributed by atoms with Crippen molar-refractivity contribution in [1.29, 1.82) is 0 Å². The predicted molar refractivity (Wildman–Crippen MR) is 55.3 cm³/mol. The molecule has 5 nitrogen and oxygen atoms in total. The van der Waals surface area contributed by atoms with Crippen LogP contribution in [0, 0.1) is 13.7 Å². The minimum Gasteiger partial charge on any atom is -0.381 e. The van der Waals surface area contributed by atoms with Crippen molar-refractivity contribution in [3.63, 3.8) is 0 Å². The molecule has 0 saturated heterocycles. The molecule has 0 aliphatic carbocycles. The Bertz CT molecular complexity index is 515. The van der Waals surface area contributed by atoms with Gasteiger partial charge in [0.05, 0.1) is 8.49 Å². The number of hydrogen-bond donors (Lipinski definition) is 0. The number of ether oxygens (including phenoxy) is 1. The molecule has 1 rings (SSSR count). The number of rotatable bonds is 2. The van der Waals surface area contributed by atoms with Crippen LogP contribution < -0.4 is 4.74 Å². The van der Waals surface area contributed by atoms with E-state index in [1.807, 2.05) is 0 Å². The Morgan fingerprint density at radius 2 is 1.79 bits per heavy atom. The first-order valence-corrected chi connectivity index (χ1v) is 5.17. The molecule has 19 heavy (non-hydrogen) atoms. The van der Waals surface area contributed by atoms with E-state index < -0.39 is 38.3 Å². The Labute approximate surface area is 113 Å². The summed E-state index contributed by atoms with van der Waals surface area (Å²) in [7, 11) is 0. The normalized spacial score (nSPS) is 12.4.